The molecule has 0 radical (unpaired) electrons. The van der Waals surface area contributed by atoms with E-state index in [1.165, 1.54) is 5.56 Å². The molecule has 0 spiro atoms. The molecule has 94 valence electrons. The molecule has 2 rings (SSSR count). The number of hydrogen-bond donors (Lipinski definition) is 2. The molecule has 0 bridgehead atoms. The molecule has 0 fully saturated rings. The number of nitrogen functional groups attached to an aromatic ring is 1. The largest absolute Gasteiger partial charge is 0.394 e. The van der Waals surface area contributed by atoms with Crippen LogP contribution in [0.2, 0.25) is 5.28 Å². The van der Waals surface area contributed by atoms with E-state index in [1.54, 1.807) is 6.92 Å². The summed E-state index contributed by atoms with van der Waals surface area (Å²) in [5.41, 5.74) is 9.32. The molecule has 4 nitrogen and oxygen atoms in total. The summed E-state index contributed by atoms with van der Waals surface area (Å²) < 4.78 is 0. The van der Waals surface area contributed by atoms with Gasteiger partial charge in [0, 0.05) is 5.69 Å². The fourth-order valence-corrected chi connectivity index (χ4v) is 1.93. The number of rotatable bonds is 3. The monoisotopic (exact) mass is 262 g/mol. The van der Waals surface area contributed by atoms with Gasteiger partial charge in [-0.15, -0.1) is 0 Å². The van der Waals surface area contributed by atoms with Gasteiger partial charge in [-0.1, -0.05) is 25.1 Å². The highest BCUT2D eigenvalue weighted by Gasteiger charge is 2.09. The van der Waals surface area contributed by atoms with Crippen molar-refractivity contribution in [3.63, 3.8) is 0 Å². The Bertz CT molecular complexity index is 569. The number of nitrogens with zero attached hydrogens (tertiary/aromatic N) is 2. The predicted octanol–water partition coefficient (Wildman–Crippen LogP) is 3.33. The Morgan fingerprint density at radius 1 is 1.28 bits per heavy atom. The zero-order valence-corrected chi connectivity index (χ0v) is 11.1. The number of para-hydroxylation sites is 1. The van der Waals surface area contributed by atoms with E-state index in [1.807, 2.05) is 18.2 Å². The molecule has 1 aromatic heterocycles. The predicted molar refractivity (Wildman–Crippen MR) is 75.3 cm³/mol. The summed E-state index contributed by atoms with van der Waals surface area (Å²) in [5.74, 6) is 0.549. The molecule has 2 aromatic rings. The van der Waals surface area contributed by atoms with Gasteiger partial charge in [-0.25, -0.2) is 4.98 Å². The lowest BCUT2D eigenvalue weighted by Crippen LogP contribution is -2.05. The SMILES string of the molecule is CCc1ccccc1Nc1nc(Cl)nc(C)c1N. The van der Waals surface area contributed by atoms with Crippen LogP contribution in [0.15, 0.2) is 24.3 Å². The first-order valence-corrected chi connectivity index (χ1v) is 6.14. The molecule has 0 aliphatic rings. The van der Waals surface area contributed by atoms with Crippen LogP contribution >= 0.6 is 11.6 Å². The fourth-order valence-electron chi connectivity index (χ4n) is 1.72. The molecule has 0 aliphatic carbocycles. The van der Waals surface area contributed by atoms with Crippen molar-refractivity contribution < 1.29 is 0 Å². The van der Waals surface area contributed by atoms with Crippen molar-refractivity contribution in [2.24, 2.45) is 0 Å². The number of aryl methyl sites for hydroxylation is 2. The minimum absolute atomic E-state index is 0.193. The van der Waals surface area contributed by atoms with Crippen LogP contribution in [0.25, 0.3) is 0 Å². The molecule has 18 heavy (non-hydrogen) atoms. The molecule has 1 heterocycles. The van der Waals surface area contributed by atoms with Crippen LogP contribution in [0, 0.1) is 6.92 Å². The second-order valence-electron chi connectivity index (χ2n) is 3.98. The van der Waals surface area contributed by atoms with Crippen molar-refractivity contribution in [1.82, 2.24) is 9.97 Å². The van der Waals surface area contributed by atoms with Gasteiger partial charge in [-0.05, 0) is 36.6 Å². The minimum Gasteiger partial charge on any atom is -0.394 e. The fraction of sp³-hybridized carbons (Fsp3) is 0.231. The van der Waals surface area contributed by atoms with Gasteiger partial charge in [0.2, 0.25) is 5.28 Å². The second-order valence-corrected chi connectivity index (χ2v) is 4.31. The molecule has 0 unspecified atom stereocenters. The van der Waals surface area contributed by atoms with Crippen molar-refractivity contribution in [3.05, 3.63) is 40.8 Å². The van der Waals surface area contributed by atoms with Crippen LogP contribution in [-0.4, -0.2) is 9.97 Å². The highest BCUT2D eigenvalue weighted by molar-refractivity contribution is 6.28. The topological polar surface area (TPSA) is 63.8 Å². The first-order chi connectivity index (χ1) is 8.61. The third-order valence-electron chi connectivity index (χ3n) is 2.76. The normalized spacial score (nSPS) is 10.4. The van der Waals surface area contributed by atoms with E-state index in [9.17, 15) is 0 Å². The summed E-state index contributed by atoms with van der Waals surface area (Å²) in [5, 5.41) is 3.41. The molecule has 1 aromatic carbocycles. The van der Waals surface area contributed by atoms with Crippen molar-refractivity contribution in [3.8, 4) is 0 Å². The number of benzene rings is 1. The third-order valence-corrected chi connectivity index (χ3v) is 2.93. The summed E-state index contributed by atoms with van der Waals surface area (Å²) in [4.78, 5) is 8.13. The van der Waals surface area contributed by atoms with E-state index in [4.69, 9.17) is 17.3 Å². The van der Waals surface area contributed by atoms with Crippen LogP contribution in [0.4, 0.5) is 17.2 Å². The molecule has 3 N–H and O–H groups in total. The minimum atomic E-state index is 0.193. The maximum Gasteiger partial charge on any atom is 0.224 e. The Kier molecular flexibility index (Phi) is 3.67. The smallest absolute Gasteiger partial charge is 0.224 e. The van der Waals surface area contributed by atoms with E-state index >= 15 is 0 Å². The van der Waals surface area contributed by atoms with E-state index in [2.05, 4.69) is 28.3 Å². The van der Waals surface area contributed by atoms with Crippen molar-refractivity contribution in [2.45, 2.75) is 20.3 Å². The number of halogens is 1. The Morgan fingerprint density at radius 3 is 2.72 bits per heavy atom. The van der Waals surface area contributed by atoms with Crippen molar-refractivity contribution in [2.75, 3.05) is 11.1 Å². The Morgan fingerprint density at radius 2 is 2.00 bits per heavy atom. The zero-order valence-electron chi connectivity index (χ0n) is 10.4. The van der Waals surface area contributed by atoms with Gasteiger partial charge in [-0.2, -0.15) is 4.98 Å². The molecule has 0 amide bonds. The molecule has 5 heteroatoms. The number of hydrogen-bond acceptors (Lipinski definition) is 4. The van der Waals surface area contributed by atoms with Gasteiger partial charge in [0.25, 0.3) is 0 Å². The van der Waals surface area contributed by atoms with Crippen molar-refractivity contribution in [1.29, 1.82) is 0 Å². The Balaban J connectivity index is 2.40. The van der Waals surface area contributed by atoms with Crippen LogP contribution in [0.5, 0.6) is 0 Å². The molecule has 0 aliphatic heterocycles. The number of nitrogens with one attached hydrogen (secondary N) is 1. The van der Waals surface area contributed by atoms with E-state index < -0.39 is 0 Å². The average Bonchev–Trinajstić information content (AvgIpc) is 2.36. The summed E-state index contributed by atoms with van der Waals surface area (Å²) in [7, 11) is 0. The lowest BCUT2D eigenvalue weighted by molar-refractivity contribution is 1.10. The van der Waals surface area contributed by atoms with Crippen LogP contribution in [0.1, 0.15) is 18.2 Å². The van der Waals surface area contributed by atoms with E-state index in [0.29, 0.717) is 17.2 Å². The molecular weight excluding hydrogens is 248 g/mol. The van der Waals surface area contributed by atoms with Crippen molar-refractivity contribution >= 4 is 28.8 Å². The van der Waals surface area contributed by atoms with Crippen LogP contribution in [-0.2, 0) is 6.42 Å². The molecule has 0 saturated heterocycles. The summed E-state index contributed by atoms with van der Waals surface area (Å²) in [6.45, 7) is 3.90. The number of nitrogens with two attached hydrogens (primary N) is 1. The average molecular weight is 263 g/mol. The molecule has 0 atom stereocenters. The summed E-state index contributed by atoms with van der Waals surface area (Å²) >= 11 is 5.84. The second kappa shape index (κ2) is 5.23. The number of anilines is 3. The quantitative estimate of drug-likeness (QED) is 0.833. The lowest BCUT2D eigenvalue weighted by atomic mass is 10.1. The number of aromatic nitrogens is 2. The summed E-state index contributed by atoms with van der Waals surface area (Å²) in [6.07, 6.45) is 0.931. The molecular formula is C13H15ClN4. The maximum atomic E-state index is 5.94. The third kappa shape index (κ3) is 2.54. The Labute approximate surface area is 111 Å². The van der Waals surface area contributed by atoms with Gasteiger partial charge in [0.1, 0.15) is 0 Å². The highest BCUT2D eigenvalue weighted by atomic mass is 35.5. The first-order valence-electron chi connectivity index (χ1n) is 5.76. The van der Waals surface area contributed by atoms with Gasteiger partial charge >= 0.3 is 0 Å². The molecule has 0 saturated carbocycles. The van der Waals surface area contributed by atoms with Crippen LogP contribution in [0.3, 0.4) is 0 Å². The Hall–Kier alpha value is -1.81. The summed E-state index contributed by atoms with van der Waals surface area (Å²) in [6, 6.07) is 8.02. The first kappa shape index (κ1) is 12.6. The van der Waals surface area contributed by atoms with E-state index in [-0.39, 0.29) is 5.28 Å². The maximum absolute atomic E-state index is 5.94. The van der Waals surface area contributed by atoms with Gasteiger partial charge in [-0.3, -0.25) is 0 Å². The van der Waals surface area contributed by atoms with Gasteiger partial charge in [0.05, 0.1) is 11.4 Å². The van der Waals surface area contributed by atoms with Gasteiger partial charge < -0.3 is 11.1 Å². The highest BCUT2D eigenvalue weighted by Crippen LogP contribution is 2.26. The lowest BCUT2D eigenvalue weighted by Gasteiger charge is -2.12. The van der Waals surface area contributed by atoms with Crippen LogP contribution < -0.4 is 11.1 Å². The van der Waals surface area contributed by atoms with E-state index in [0.717, 1.165) is 12.1 Å². The zero-order chi connectivity index (χ0) is 13.1. The van der Waals surface area contributed by atoms with Gasteiger partial charge in [0.15, 0.2) is 5.82 Å². The standard InChI is InChI=1S/C13H15ClN4/c1-3-9-6-4-5-7-10(9)17-12-11(15)8(2)16-13(14)18-12/h4-7H,3,15H2,1-2H3,(H,16,17,18).